The third-order valence-corrected chi connectivity index (χ3v) is 5.13. The van der Waals surface area contributed by atoms with Crippen LogP contribution in [0.3, 0.4) is 0 Å². The van der Waals surface area contributed by atoms with Gasteiger partial charge >= 0.3 is 0 Å². The van der Waals surface area contributed by atoms with Crippen LogP contribution in [-0.2, 0) is 11.3 Å². The quantitative estimate of drug-likeness (QED) is 0.857. The van der Waals surface area contributed by atoms with Crippen molar-refractivity contribution in [1.29, 1.82) is 0 Å². The molecule has 0 aliphatic carbocycles. The standard InChI is InChI=1S/C17H25N3O/c1-2-20-16(21)6-8-17(20)7-4-11-19(12-9-17)14-15-5-3-10-18-13-15/h3,5,10,13H,2,4,6-9,11-12,14H2,1H3. The highest BCUT2D eigenvalue weighted by Crippen LogP contribution is 2.38. The van der Waals surface area contributed by atoms with Crippen molar-refractivity contribution in [3.63, 3.8) is 0 Å². The van der Waals surface area contributed by atoms with E-state index in [0.29, 0.717) is 5.91 Å². The Hall–Kier alpha value is -1.42. The smallest absolute Gasteiger partial charge is 0.223 e. The van der Waals surface area contributed by atoms with E-state index in [1.54, 1.807) is 0 Å². The zero-order valence-electron chi connectivity index (χ0n) is 12.9. The molecule has 2 fully saturated rings. The molecule has 114 valence electrons. The zero-order chi connectivity index (χ0) is 14.7. The number of amides is 1. The molecular formula is C17H25N3O. The lowest BCUT2D eigenvalue weighted by Crippen LogP contribution is -2.46. The summed E-state index contributed by atoms with van der Waals surface area (Å²) >= 11 is 0. The van der Waals surface area contributed by atoms with Crippen LogP contribution < -0.4 is 0 Å². The number of hydrogen-bond donors (Lipinski definition) is 0. The monoisotopic (exact) mass is 287 g/mol. The Bertz CT molecular complexity index is 490. The van der Waals surface area contributed by atoms with E-state index in [1.165, 1.54) is 12.0 Å². The predicted octanol–water partition coefficient (Wildman–Crippen LogP) is 2.45. The van der Waals surface area contributed by atoms with Crippen molar-refractivity contribution >= 4 is 5.91 Å². The molecule has 21 heavy (non-hydrogen) atoms. The molecule has 0 aromatic carbocycles. The minimum atomic E-state index is 0.148. The summed E-state index contributed by atoms with van der Waals surface area (Å²) in [6.45, 7) is 6.16. The third kappa shape index (κ3) is 2.95. The number of nitrogens with zero attached hydrogens (tertiary/aromatic N) is 3. The number of carbonyl (C=O) groups is 1. The lowest BCUT2D eigenvalue weighted by atomic mass is 9.88. The lowest BCUT2D eigenvalue weighted by molar-refractivity contribution is -0.131. The van der Waals surface area contributed by atoms with E-state index < -0.39 is 0 Å². The van der Waals surface area contributed by atoms with E-state index in [2.05, 4.69) is 27.8 Å². The van der Waals surface area contributed by atoms with Crippen molar-refractivity contribution < 1.29 is 4.79 Å². The number of aromatic nitrogens is 1. The van der Waals surface area contributed by atoms with Crippen molar-refractivity contribution in [1.82, 2.24) is 14.8 Å². The van der Waals surface area contributed by atoms with Crippen LogP contribution in [0.1, 0.15) is 44.6 Å². The largest absolute Gasteiger partial charge is 0.337 e. The van der Waals surface area contributed by atoms with Gasteiger partial charge in [0.25, 0.3) is 0 Å². The maximum absolute atomic E-state index is 12.1. The average Bonchev–Trinajstić information content (AvgIpc) is 2.68. The second kappa shape index (κ2) is 6.14. The fourth-order valence-electron chi connectivity index (χ4n) is 4.05. The fourth-order valence-corrected chi connectivity index (χ4v) is 4.05. The van der Waals surface area contributed by atoms with Gasteiger partial charge in [0.2, 0.25) is 5.91 Å². The van der Waals surface area contributed by atoms with Crippen molar-refractivity contribution in [2.45, 2.75) is 51.1 Å². The summed E-state index contributed by atoms with van der Waals surface area (Å²) in [6, 6.07) is 4.15. The van der Waals surface area contributed by atoms with Crippen LogP contribution in [0.2, 0.25) is 0 Å². The topological polar surface area (TPSA) is 36.4 Å². The Labute approximate surface area is 127 Å². The third-order valence-electron chi connectivity index (χ3n) is 5.13. The van der Waals surface area contributed by atoms with Crippen LogP contribution in [0.25, 0.3) is 0 Å². The molecule has 1 aromatic rings. The van der Waals surface area contributed by atoms with E-state index in [-0.39, 0.29) is 5.54 Å². The first-order valence-electron chi connectivity index (χ1n) is 8.15. The molecule has 0 N–H and O–H groups in total. The molecule has 4 heteroatoms. The van der Waals surface area contributed by atoms with Crippen LogP contribution >= 0.6 is 0 Å². The molecule has 1 amide bonds. The molecule has 1 aromatic heterocycles. The molecule has 1 atom stereocenters. The SMILES string of the molecule is CCN1C(=O)CCC12CCCN(Cc1cccnc1)CC2. The van der Waals surface area contributed by atoms with Crippen LogP contribution in [-0.4, -0.2) is 45.9 Å². The first-order chi connectivity index (χ1) is 10.2. The molecular weight excluding hydrogens is 262 g/mol. The first-order valence-corrected chi connectivity index (χ1v) is 8.15. The van der Waals surface area contributed by atoms with Gasteiger partial charge < -0.3 is 4.90 Å². The zero-order valence-corrected chi connectivity index (χ0v) is 12.9. The molecule has 1 unspecified atom stereocenters. The Morgan fingerprint density at radius 3 is 2.95 bits per heavy atom. The van der Waals surface area contributed by atoms with Crippen LogP contribution in [0.5, 0.6) is 0 Å². The van der Waals surface area contributed by atoms with Gasteiger partial charge in [0.15, 0.2) is 0 Å². The van der Waals surface area contributed by atoms with Crippen LogP contribution in [0.4, 0.5) is 0 Å². The number of pyridine rings is 1. The van der Waals surface area contributed by atoms with Gasteiger partial charge in [0.1, 0.15) is 0 Å². The van der Waals surface area contributed by atoms with Gasteiger partial charge in [-0.1, -0.05) is 6.07 Å². The van der Waals surface area contributed by atoms with Crippen LogP contribution in [0.15, 0.2) is 24.5 Å². The molecule has 1 spiro atoms. The van der Waals surface area contributed by atoms with Gasteiger partial charge in [0.05, 0.1) is 0 Å². The molecule has 2 aliphatic heterocycles. The van der Waals surface area contributed by atoms with E-state index in [4.69, 9.17) is 0 Å². The second-order valence-corrected chi connectivity index (χ2v) is 6.35. The highest BCUT2D eigenvalue weighted by atomic mass is 16.2. The number of hydrogen-bond acceptors (Lipinski definition) is 3. The van der Waals surface area contributed by atoms with E-state index in [1.807, 2.05) is 18.5 Å². The summed E-state index contributed by atoms with van der Waals surface area (Å²) in [5.74, 6) is 0.359. The summed E-state index contributed by atoms with van der Waals surface area (Å²) in [5.41, 5.74) is 1.43. The molecule has 2 aliphatic rings. The molecule has 4 nitrogen and oxygen atoms in total. The highest BCUT2D eigenvalue weighted by molar-refractivity contribution is 5.79. The Kier molecular flexibility index (Phi) is 4.24. The molecule has 0 radical (unpaired) electrons. The molecule has 2 saturated heterocycles. The Morgan fingerprint density at radius 1 is 1.29 bits per heavy atom. The van der Waals surface area contributed by atoms with Crippen LogP contribution in [0, 0.1) is 0 Å². The lowest BCUT2D eigenvalue weighted by Gasteiger charge is -2.37. The normalized spacial score (nSPS) is 27.3. The Balaban J connectivity index is 1.65. The van der Waals surface area contributed by atoms with Gasteiger partial charge in [0, 0.05) is 44.0 Å². The Morgan fingerprint density at radius 2 is 2.19 bits per heavy atom. The van der Waals surface area contributed by atoms with Crippen molar-refractivity contribution in [2.75, 3.05) is 19.6 Å². The number of carbonyl (C=O) groups excluding carboxylic acids is 1. The predicted molar refractivity (Wildman–Crippen MR) is 82.7 cm³/mol. The highest BCUT2D eigenvalue weighted by Gasteiger charge is 2.44. The molecule has 0 bridgehead atoms. The summed E-state index contributed by atoms with van der Waals surface area (Å²) in [5, 5.41) is 0. The number of rotatable bonds is 3. The van der Waals surface area contributed by atoms with Gasteiger partial charge in [-0.15, -0.1) is 0 Å². The van der Waals surface area contributed by atoms with Crippen molar-refractivity contribution in [3.8, 4) is 0 Å². The maximum atomic E-state index is 12.1. The van der Waals surface area contributed by atoms with Crippen molar-refractivity contribution in [2.24, 2.45) is 0 Å². The first kappa shape index (κ1) is 14.5. The molecule has 3 heterocycles. The van der Waals surface area contributed by atoms with Gasteiger partial charge in [-0.25, -0.2) is 0 Å². The second-order valence-electron chi connectivity index (χ2n) is 6.35. The van der Waals surface area contributed by atoms with E-state index >= 15 is 0 Å². The molecule has 0 saturated carbocycles. The summed E-state index contributed by atoms with van der Waals surface area (Å²) in [6.07, 6.45) is 9.05. The van der Waals surface area contributed by atoms with E-state index in [0.717, 1.165) is 51.9 Å². The minimum Gasteiger partial charge on any atom is -0.337 e. The van der Waals surface area contributed by atoms with Gasteiger partial charge in [-0.2, -0.15) is 0 Å². The minimum absolute atomic E-state index is 0.148. The fraction of sp³-hybridized carbons (Fsp3) is 0.647. The average molecular weight is 287 g/mol. The van der Waals surface area contributed by atoms with Crippen molar-refractivity contribution in [3.05, 3.63) is 30.1 Å². The van der Waals surface area contributed by atoms with Gasteiger partial charge in [-0.05, 0) is 50.8 Å². The number of likely N-dealkylation sites (tertiary alicyclic amines) is 2. The summed E-state index contributed by atoms with van der Waals surface area (Å²) < 4.78 is 0. The summed E-state index contributed by atoms with van der Waals surface area (Å²) in [7, 11) is 0. The van der Waals surface area contributed by atoms with Gasteiger partial charge in [-0.3, -0.25) is 14.7 Å². The summed E-state index contributed by atoms with van der Waals surface area (Å²) in [4.78, 5) is 20.9. The molecule has 3 rings (SSSR count). The van der Waals surface area contributed by atoms with E-state index in [9.17, 15) is 4.79 Å². The maximum Gasteiger partial charge on any atom is 0.223 e.